The van der Waals surface area contributed by atoms with Gasteiger partial charge in [-0.3, -0.25) is 4.79 Å². The van der Waals surface area contributed by atoms with Crippen LogP contribution in [0.5, 0.6) is 11.5 Å². The van der Waals surface area contributed by atoms with Crippen molar-refractivity contribution in [2.75, 3.05) is 0 Å². The maximum absolute atomic E-state index is 11.4. The van der Waals surface area contributed by atoms with Crippen LogP contribution in [0.15, 0.2) is 54.6 Å². The van der Waals surface area contributed by atoms with Crippen LogP contribution in [0.25, 0.3) is 0 Å². The number of ether oxygens (including phenoxy) is 1. The van der Waals surface area contributed by atoms with Crippen LogP contribution >= 0.6 is 0 Å². The van der Waals surface area contributed by atoms with E-state index in [2.05, 4.69) is 0 Å². The number of benzene rings is 2. The molecule has 0 aliphatic carbocycles. The smallest absolute Gasteiger partial charge is 0.163 e. The summed E-state index contributed by atoms with van der Waals surface area (Å²) in [7, 11) is 0. The van der Waals surface area contributed by atoms with Gasteiger partial charge >= 0.3 is 0 Å². The van der Waals surface area contributed by atoms with Gasteiger partial charge in [-0.2, -0.15) is 0 Å². The van der Waals surface area contributed by atoms with Gasteiger partial charge in [0.25, 0.3) is 0 Å². The van der Waals surface area contributed by atoms with E-state index in [-0.39, 0.29) is 5.78 Å². The van der Waals surface area contributed by atoms with E-state index in [9.17, 15) is 4.79 Å². The van der Waals surface area contributed by atoms with E-state index in [0.29, 0.717) is 11.3 Å². The Hall–Kier alpha value is -2.09. The molecule has 0 fully saturated rings. The fourth-order valence-corrected chi connectivity index (χ4v) is 1.46. The van der Waals surface area contributed by atoms with Crippen LogP contribution in [0.2, 0.25) is 0 Å². The molecule has 0 aromatic heterocycles. The van der Waals surface area contributed by atoms with Gasteiger partial charge in [0, 0.05) is 0 Å². The molecule has 2 aromatic carbocycles. The third kappa shape index (κ3) is 3.74. The first kappa shape index (κ1) is 14.0. The van der Waals surface area contributed by atoms with Crippen molar-refractivity contribution >= 4 is 5.78 Å². The monoisotopic (exact) mass is 242 g/mol. The van der Waals surface area contributed by atoms with Crippen molar-refractivity contribution in [2.45, 2.75) is 20.8 Å². The number of para-hydroxylation sites is 2. The summed E-state index contributed by atoms with van der Waals surface area (Å²) in [5.74, 6) is 1.34. The molecule has 0 atom stereocenters. The highest BCUT2D eigenvalue weighted by molar-refractivity contribution is 5.96. The Kier molecular flexibility index (Phi) is 5.65. The molecule has 0 bridgehead atoms. The van der Waals surface area contributed by atoms with Gasteiger partial charge in [0.15, 0.2) is 5.78 Å². The maximum atomic E-state index is 11.4. The fourth-order valence-electron chi connectivity index (χ4n) is 1.46. The van der Waals surface area contributed by atoms with E-state index in [1.165, 1.54) is 6.92 Å². The van der Waals surface area contributed by atoms with Crippen LogP contribution in [0, 0.1) is 0 Å². The highest BCUT2D eigenvalue weighted by atomic mass is 16.5. The highest BCUT2D eigenvalue weighted by Crippen LogP contribution is 2.24. The SMILES string of the molecule is CC.CC(=O)c1ccccc1Oc1ccccc1. The first-order chi connectivity index (χ1) is 8.77. The minimum atomic E-state index is 0.00605. The van der Waals surface area contributed by atoms with Crippen molar-refractivity contribution in [2.24, 2.45) is 0 Å². The predicted molar refractivity (Wildman–Crippen MR) is 74.3 cm³/mol. The zero-order chi connectivity index (χ0) is 13.4. The van der Waals surface area contributed by atoms with Crippen LogP contribution in [-0.4, -0.2) is 5.78 Å². The molecule has 0 radical (unpaired) electrons. The Morgan fingerprint density at radius 2 is 1.44 bits per heavy atom. The zero-order valence-corrected chi connectivity index (χ0v) is 11.0. The fraction of sp³-hybridized carbons (Fsp3) is 0.188. The normalized spacial score (nSPS) is 9.06. The molecule has 0 saturated heterocycles. The molecule has 0 saturated carbocycles. The first-order valence-corrected chi connectivity index (χ1v) is 6.10. The minimum absolute atomic E-state index is 0.00605. The topological polar surface area (TPSA) is 26.3 Å². The Bertz CT molecular complexity index is 489. The van der Waals surface area contributed by atoms with Crippen LogP contribution < -0.4 is 4.74 Å². The largest absolute Gasteiger partial charge is 0.457 e. The molecule has 2 heteroatoms. The van der Waals surface area contributed by atoms with Gasteiger partial charge in [-0.1, -0.05) is 44.2 Å². The molecule has 0 aliphatic heterocycles. The van der Waals surface area contributed by atoms with Gasteiger partial charge in [-0.05, 0) is 31.2 Å². The molecule has 0 heterocycles. The van der Waals surface area contributed by atoms with Gasteiger partial charge < -0.3 is 4.74 Å². The summed E-state index contributed by atoms with van der Waals surface area (Å²) in [6.45, 7) is 5.53. The summed E-state index contributed by atoms with van der Waals surface area (Å²) in [6.07, 6.45) is 0. The van der Waals surface area contributed by atoms with Crippen molar-refractivity contribution in [3.8, 4) is 11.5 Å². The second-order valence-corrected chi connectivity index (χ2v) is 3.47. The van der Waals surface area contributed by atoms with E-state index in [1.807, 2.05) is 56.3 Å². The molecule has 0 aliphatic rings. The molecule has 0 unspecified atom stereocenters. The zero-order valence-electron chi connectivity index (χ0n) is 11.0. The van der Waals surface area contributed by atoms with E-state index in [4.69, 9.17) is 4.74 Å². The van der Waals surface area contributed by atoms with Crippen molar-refractivity contribution in [1.82, 2.24) is 0 Å². The van der Waals surface area contributed by atoms with Gasteiger partial charge in [-0.15, -0.1) is 0 Å². The summed E-state index contributed by atoms with van der Waals surface area (Å²) in [6, 6.07) is 16.7. The van der Waals surface area contributed by atoms with E-state index >= 15 is 0 Å². The third-order valence-corrected chi connectivity index (χ3v) is 2.24. The number of hydrogen-bond acceptors (Lipinski definition) is 2. The summed E-state index contributed by atoms with van der Waals surface area (Å²) < 4.78 is 5.65. The first-order valence-electron chi connectivity index (χ1n) is 6.10. The number of rotatable bonds is 3. The molecule has 18 heavy (non-hydrogen) atoms. The second kappa shape index (κ2) is 7.28. The standard InChI is InChI=1S/C14H12O2.C2H6/c1-11(15)13-9-5-6-10-14(13)16-12-7-3-2-4-8-12;1-2/h2-10H,1H3;1-2H3. The molecule has 0 amide bonds. The lowest BCUT2D eigenvalue weighted by Crippen LogP contribution is -1.96. The van der Waals surface area contributed by atoms with Gasteiger partial charge in [0.2, 0.25) is 0 Å². The molecule has 2 aromatic rings. The summed E-state index contributed by atoms with van der Waals surface area (Å²) >= 11 is 0. The second-order valence-electron chi connectivity index (χ2n) is 3.47. The average molecular weight is 242 g/mol. The average Bonchev–Trinajstić information content (AvgIpc) is 2.42. The lowest BCUT2D eigenvalue weighted by atomic mass is 10.1. The van der Waals surface area contributed by atoms with Crippen LogP contribution in [0.4, 0.5) is 0 Å². The van der Waals surface area contributed by atoms with Crippen molar-refractivity contribution in [3.63, 3.8) is 0 Å². The highest BCUT2D eigenvalue weighted by Gasteiger charge is 2.07. The van der Waals surface area contributed by atoms with Crippen LogP contribution in [-0.2, 0) is 0 Å². The molecule has 0 N–H and O–H groups in total. The van der Waals surface area contributed by atoms with Crippen molar-refractivity contribution in [1.29, 1.82) is 0 Å². The summed E-state index contributed by atoms with van der Waals surface area (Å²) in [5.41, 5.74) is 0.603. The predicted octanol–water partition coefficient (Wildman–Crippen LogP) is 4.71. The molecule has 2 rings (SSSR count). The number of carbonyl (C=O) groups is 1. The van der Waals surface area contributed by atoms with Gasteiger partial charge in [0.1, 0.15) is 11.5 Å². The van der Waals surface area contributed by atoms with Crippen LogP contribution in [0.3, 0.4) is 0 Å². The van der Waals surface area contributed by atoms with E-state index in [0.717, 1.165) is 5.75 Å². The molecule has 94 valence electrons. The van der Waals surface area contributed by atoms with Gasteiger partial charge in [-0.25, -0.2) is 0 Å². The Morgan fingerprint density at radius 3 is 2.06 bits per heavy atom. The lowest BCUT2D eigenvalue weighted by Gasteiger charge is -2.08. The third-order valence-electron chi connectivity index (χ3n) is 2.24. The quantitative estimate of drug-likeness (QED) is 0.729. The van der Waals surface area contributed by atoms with Crippen molar-refractivity contribution < 1.29 is 9.53 Å². The number of carbonyl (C=O) groups excluding carboxylic acids is 1. The van der Waals surface area contributed by atoms with E-state index in [1.54, 1.807) is 12.1 Å². The molecule has 0 spiro atoms. The Morgan fingerprint density at radius 1 is 0.889 bits per heavy atom. The number of Topliss-reactive ketones (excluding diaryl/α,β-unsaturated/α-hetero) is 1. The summed E-state index contributed by atoms with van der Waals surface area (Å²) in [4.78, 5) is 11.4. The number of ketones is 1. The Labute approximate surface area is 108 Å². The molecule has 2 nitrogen and oxygen atoms in total. The maximum Gasteiger partial charge on any atom is 0.163 e. The minimum Gasteiger partial charge on any atom is -0.457 e. The number of hydrogen-bond donors (Lipinski definition) is 0. The van der Waals surface area contributed by atoms with Gasteiger partial charge in [0.05, 0.1) is 5.56 Å². The van der Waals surface area contributed by atoms with Crippen LogP contribution in [0.1, 0.15) is 31.1 Å². The lowest BCUT2D eigenvalue weighted by molar-refractivity contribution is 0.101. The molecular formula is C16H18O2. The summed E-state index contributed by atoms with van der Waals surface area (Å²) in [5, 5.41) is 0. The Balaban J connectivity index is 0.000000771. The van der Waals surface area contributed by atoms with Crippen molar-refractivity contribution in [3.05, 3.63) is 60.2 Å². The molecular weight excluding hydrogens is 224 g/mol. The van der Waals surface area contributed by atoms with E-state index < -0.39 is 0 Å².